The monoisotopic (exact) mass is 260 g/mol. The first kappa shape index (κ1) is 13.4. The predicted molar refractivity (Wildman–Crippen MR) is 60.3 cm³/mol. The summed E-state index contributed by atoms with van der Waals surface area (Å²) in [6, 6.07) is 2.63. The molecule has 0 aliphatic rings. The van der Waals surface area contributed by atoms with E-state index in [9.17, 15) is 14.0 Å². The summed E-state index contributed by atoms with van der Waals surface area (Å²) in [4.78, 5) is 21.8. The van der Waals surface area contributed by atoms with Crippen molar-refractivity contribution in [3.63, 3.8) is 0 Å². The molecule has 1 atom stereocenters. The van der Waals surface area contributed by atoms with Crippen molar-refractivity contribution < 1.29 is 19.1 Å². The topological polar surface area (TPSA) is 92.4 Å². The minimum Gasteiger partial charge on any atom is -0.481 e. The van der Waals surface area contributed by atoms with E-state index in [1.807, 2.05) is 0 Å². The van der Waals surface area contributed by atoms with E-state index < -0.39 is 30.2 Å². The third kappa shape index (κ3) is 3.69. The van der Waals surface area contributed by atoms with Gasteiger partial charge in [0.1, 0.15) is 5.82 Å². The van der Waals surface area contributed by atoms with E-state index in [1.165, 1.54) is 12.1 Å². The highest BCUT2D eigenvalue weighted by atomic mass is 35.5. The lowest BCUT2D eigenvalue weighted by Gasteiger charge is -2.11. The summed E-state index contributed by atoms with van der Waals surface area (Å²) >= 11 is 5.67. The largest absolute Gasteiger partial charge is 0.481 e. The van der Waals surface area contributed by atoms with E-state index in [0.29, 0.717) is 0 Å². The number of rotatable bonds is 4. The maximum atomic E-state index is 13.3. The standard InChI is InChI=1S/C10H10ClFN2O3/c11-5-2-1-3-6(12)9(5)14-10(17)7(13)4-8(15)16/h1-3,7H,4,13H2,(H,14,17)(H,15,16). The van der Waals surface area contributed by atoms with Gasteiger partial charge in [-0.25, -0.2) is 4.39 Å². The van der Waals surface area contributed by atoms with Crippen molar-refractivity contribution in [3.05, 3.63) is 29.0 Å². The van der Waals surface area contributed by atoms with E-state index in [2.05, 4.69) is 5.32 Å². The molecule has 0 saturated carbocycles. The number of aliphatic carboxylic acids is 1. The van der Waals surface area contributed by atoms with Crippen molar-refractivity contribution in [3.8, 4) is 0 Å². The van der Waals surface area contributed by atoms with E-state index in [1.54, 1.807) is 0 Å². The number of hydrogen-bond donors (Lipinski definition) is 3. The molecule has 5 nitrogen and oxygen atoms in total. The Morgan fingerprint density at radius 1 is 1.53 bits per heavy atom. The number of carbonyl (C=O) groups is 2. The smallest absolute Gasteiger partial charge is 0.305 e. The van der Waals surface area contributed by atoms with Gasteiger partial charge in [0.15, 0.2) is 0 Å². The number of carbonyl (C=O) groups excluding carboxylic acids is 1. The molecule has 0 radical (unpaired) electrons. The molecule has 1 amide bonds. The van der Waals surface area contributed by atoms with Gasteiger partial charge >= 0.3 is 5.97 Å². The predicted octanol–water partition coefficient (Wildman–Crippen LogP) is 1.22. The highest BCUT2D eigenvalue weighted by Crippen LogP contribution is 2.24. The molecular weight excluding hydrogens is 251 g/mol. The van der Waals surface area contributed by atoms with Crippen LogP contribution in [0.4, 0.5) is 10.1 Å². The third-order valence-electron chi connectivity index (χ3n) is 1.94. The van der Waals surface area contributed by atoms with Crippen LogP contribution in [0.25, 0.3) is 0 Å². The van der Waals surface area contributed by atoms with Crippen molar-refractivity contribution >= 4 is 29.2 Å². The number of benzene rings is 1. The van der Waals surface area contributed by atoms with Gasteiger partial charge < -0.3 is 16.2 Å². The van der Waals surface area contributed by atoms with Gasteiger partial charge in [-0.1, -0.05) is 17.7 Å². The fraction of sp³-hybridized carbons (Fsp3) is 0.200. The molecule has 4 N–H and O–H groups in total. The molecule has 0 aliphatic heterocycles. The Bertz CT molecular complexity index is 433. The van der Waals surface area contributed by atoms with Crippen molar-refractivity contribution in [1.82, 2.24) is 0 Å². The van der Waals surface area contributed by atoms with Gasteiger partial charge in [-0.2, -0.15) is 0 Å². The molecule has 0 spiro atoms. The van der Waals surface area contributed by atoms with Crippen LogP contribution in [0.2, 0.25) is 5.02 Å². The summed E-state index contributed by atoms with van der Waals surface area (Å²) in [6.45, 7) is 0. The number of anilines is 1. The number of nitrogens with two attached hydrogens (primary N) is 1. The summed E-state index contributed by atoms with van der Waals surface area (Å²) in [5.74, 6) is -2.74. The lowest BCUT2D eigenvalue weighted by Crippen LogP contribution is -2.37. The average molecular weight is 261 g/mol. The van der Waals surface area contributed by atoms with Crippen LogP contribution in [-0.2, 0) is 9.59 Å². The first-order valence-corrected chi connectivity index (χ1v) is 5.02. The SMILES string of the molecule is NC(CC(=O)O)C(=O)Nc1c(F)cccc1Cl. The highest BCUT2D eigenvalue weighted by Gasteiger charge is 2.19. The Kier molecular flexibility index (Phi) is 4.42. The molecule has 7 heteroatoms. The normalized spacial score (nSPS) is 11.9. The van der Waals surface area contributed by atoms with Gasteiger partial charge in [-0.3, -0.25) is 9.59 Å². The second-order valence-electron chi connectivity index (χ2n) is 3.29. The quantitative estimate of drug-likeness (QED) is 0.759. The molecule has 0 aromatic heterocycles. The first-order chi connectivity index (χ1) is 7.91. The molecule has 0 fully saturated rings. The van der Waals surface area contributed by atoms with Crippen LogP contribution in [0, 0.1) is 5.82 Å². The Labute approximate surface area is 101 Å². The van der Waals surface area contributed by atoms with Crippen LogP contribution in [0.5, 0.6) is 0 Å². The van der Waals surface area contributed by atoms with E-state index in [0.717, 1.165) is 6.07 Å². The van der Waals surface area contributed by atoms with Crippen LogP contribution in [-0.4, -0.2) is 23.0 Å². The first-order valence-electron chi connectivity index (χ1n) is 4.64. The molecule has 0 heterocycles. The zero-order valence-electron chi connectivity index (χ0n) is 8.61. The molecule has 0 aliphatic carbocycles. The van der Waals surface area contributed by atoms with Gasteiger partial charge in [0.25, 0.3) is 0 Å². The van der Waals surface area contributed by atoms with Crippen LogP contribution in [0.15, 0.2) is 18.2 Å². The van der Waals surface area contributed by atoms with E-state index >= 15 is 0 Å². The Morgan fingerprint density at radius 2 is 2.18 bits per heavy atom. The minimum absolute atomic E-state index is 0.0147. The zero-order chi connectivity index (χ0) is 13.0. The molecular formula is C10H10ClFN2O3. The molecule has 1 aromatic rings. The Balaban J connectivity index is 2.78. The van der Waals surface area contributed by atoms with Gasteiger partial charge in [-0.15, -0.1) is 0 Å². The fourth-order valence-corrected chi connectivity index (χ4v) is 1.32. The van der Waals surface area contributed by atoms with Crippen molar-refractivity contribution in [2.24, 2.45) is 5.73 Å². The minimum atomic E-state index is -1.26. The molecule has 17 heavy (non-hydrogen) atoms. The van der Waals surface area contributed by atoms with Gasteiger partial charge in [0.05, 0.1) is 23.2 Å². The molecule has 92 valence electrons. The summed E-state index contributed by atoms with van der Waals surface area (Å²) < 4.78 is 13.3. The summed E-state index contributed by atoms with van der Waals surface area (Å²) in [5.41, 5.74) is 5.10. The van der Waals surface area contributed by atoms with Gasteiger partial charge in [0, 0.05) is 0 Å². The summed E-state index contributed by atoms with van der Waals surface area (Å²) in [5, 5.41) is 10.6. The number of carboxylic acids is 1. The van der Waals surface area contributed by atoms with E-state index in [4.69, 9.17) is 22.4 Å². The highest BCUT2D eigenvalue weighted by molar-refractivity contribution is 6.33. The molecule has 1 aromatic carbocycles. The number of hydrogen-bond acceptors (Lipinski definition) is 3. The van der Waals surface area contributed by atoms with Crippen LogP contribution in [0.3, 0.4) is 0 Å². The van der Waals surface area contributed by atoms with Crippen molar-refractivity contribution in [2.75, 3.05) is 5.32 Å². The van der Waals surface area contributed by atoms with Crippen LogP contribution in [0.1, 0.15) is 6.42 Å². The second kappa shape index (κ2) is 5.60. The summed E-state index contributed by atoms with van der Waals surface area (Å²) in [7, 11) is 0. The zero-order valence-corrected chi connectivity index (χ0v) is 9.37. The van der Waals surface area contributed by atoms with Crippen molar-refractivity contribution in [2.45, 2.75) is 12.5 Å². The van der Waals surface area contributed by atoms with Crippen molar-refractivity contribution in [1.29, 1.82) is 0 Å². The Morgan fingerprint density at radius 3 is 2.71 bits per heavy atom. The Hall–Kier alpha value is -1.66. The van der Waals surface area contributed by atoms with Crippen LogP contribution >= 0.6 is 11.6 Å². The lowest BCUT2D eigenvalue weighted by atomic mass is 10.2. The van der Waals surface area contributed by atoms with Gasteiger partial charge in [-0.05, 0) is 12.1 Å². The summed E-state index contributed by atoms with van der Waals surface area (Å²) in [6.07, 6.45) is -0.544. The molecule has 0 bridgehead atoms. The maximum absolute atomic E-state index is 13.3. The average Bonchev–Trinajstić information content (AvgIpc) is 2.22. The fourth-order valence-electron chi connectivity index (χ4n) is 1.11. The molecule has 0 saturated heterocycles. The number of para-hydroxylation sites is 1. The number of amides is 1. The number of nitrogens with one attached hydrogen (secondary N) is 1. The molecule has 1 rings (SSSR count). The van der Waals surface area contributed by atoms with Crippen LogP contribution < -0.4 is 11.1 Å². The lowest BCUT2D eigenvalue weighted by molar-refractivity contribution is -0.138. The van der Waals surface area contributed by atoms with Gasteiger partial charge in [0.2, 0.25) is 5.91 Å². The second-order valence-corrected chi connectivity index (χ2v) is 3.70. The third-order valence-corrected chi connectivity index (χ3v) is 2.26. The molecule has 1 unspecified atom stereocenters. The maximum Gasteiger partial charge on any atom is 0.305 e. The number of halogens is 2. The number of carboxylic acid groups (broad SMARTS) is 1. The van der Waals surface area contributed by atoms with E-state index in [-0.39, 0.29) is 10.7 Å².